The molecule has 7 nitrogen and oxygen atoms in total. The Hall–Kier alpha value is -1.80. The van der Waals surface area contributed by atoms with Crippen LogP contribution in [0.3, 0.4) is 0 Å². The van der Waals surface area contributed by atoms with Crippen LogP contribution in [-0.4, -0.2) is 41.1 Å². The maximum absolute atomic E-state index is 10.9. The second kappa shape index (κ2) is 4.71. The van der Waals surface area contributed by atoms with Crippen LogP contribution in [0.25, 0.3) is 10.2 Å². The Bertz CT molecular complexity index is 623. The van der Waals surface area contributed by atoms with Crippen LogP contribution in [0.4, 0.5) is 10.8 Å². The van der Waals surface area contributed by atoms with E-state index in [-0.39, 0.29) is 9.92 Å². The van der Waals surface area contributed by atoms with Crippen LogP contribution in [0.2, 0.25) is 0 Å². The van der Waals surface area contributed by atoms with E-state index in [2.05, 4.69) is 20.2 Å². The maximum Gasteiger partial charge on any atom is 0.326 e. The number of nitro groups is 1. The van der Waals surface area contributed by atoms with Gasteiger partial charge in [-0.3, -0.25) is 10.1 Å². The highest BCUT2D eigenvalue weighted by Gasteiger charge is 2.24. The number of likely N-dealkylation sites (N-methyl/N-ethyl adjacent to an activating group) is 1. The van der Waals surface area contributed by atoms with E-state index in [1.807, 2.05) is 7.05 Å². The highest BCUT2D eigenvalue weighted by molar-refractivity contribution is 7.21. The summed E-state index contributed by atoms with van der Waals surface area (Å²) in [6, 6.07) is 1.94. The molecule has 0 aromatic carbocycles. The largest absolute Gasteiger partial charge is 0.355 e. The number of nitrogens with zero attached hydrogens (tertiary/aromatic N) is 4. The molecule has 1 N–H and O–H groups in total. The fourth-order valence-electron chi connectivity index (χ4n) is 2.34. The van der Waals surface area contributed by atoms with Crippen LogP contribution >= 0.6 is 11.3 Å². The molecule has 0 aliphatic carbocycles. The molecule has 1 atom stereocenters. The van der Waals surface area contributed by atoms with E-state index in [4.69, 9.17) is 0 Å². The molecule has 3 heterocycles. The molecule has 2 aromatic rings. The first-order valence-electron chi connectivity index (χ1n) is 5.99. The van der Waals surface area contributed by atoms with Crippen LogP contribution in [-0.2, 0) is 0 Å². The number of hydrogen-bond donors (Lipinski definition) is 1. The van der Waals surface area contributed by atoms with E-state index in [1.165, 1.54) is 6.33 Å². The van der Waals surface area contributed by atoms with Gasteiger partial charge in [0.05, 0.1) is 10.3 Å². The van der Waals surface area contributed by atoms with E-state index >= 15 is 0 Å². The molecule has 1 saturated heterocycles. The molecular weight excluding hydrogens is 266 g/mol. The van der Waals surface area contributed by atoms with Crippen LogP contribution < -0.4 is 10.2 Å². The average molecular weight is 279 g/mol. The van der Waals surface area contributed by atoms with Gasteiger partial charge in [-0.05, 0) is 24.3 Å². The molecule has 1 aliphatic rings. The second-order valence-corrected chi connectivity index (χ2v) is 5.52. The summed E-state index contributed by atoms with van der Waals surface area (Å²) in [6.45, 7) is 1.90. The molecule has 0 bridgehead atoms. The van der Waals surface area contributed by atoms with Gasteiger partial charge in [0, 0.05) is 25.7 Å². The normalized spacial score (nSPS) is 18.9. The number of fused-ring (bicyclic) bond motifs is 1. The van der Waals surface area contributed by atoms with Gasteiger partial charge in [0.25, 0.3) is 0 Å². The number of anilines is 1. The summed E-state index contributed by atoms with van der Waals surface area (Å²) in [5.41, 5.74) is 0. The summed E-state index contributed by atoms with van der Waals surface area (Å²) in [4.78, 5) is 21.6. The smallest absolute Gasteiger partial charge is 0.326 e. The van der Waals surface area contributed by atoms with Crippen molar-refractivity contribution in [1.29, 1.82) is 0 Å². The molecule has 0 spiro atoms. The Morgan fingerprint density at radius 3 is 3.11 bits per heavy atom. The third-order valence-electron chi connectivity index (χ3n) is 3.39. The minimum Gasteiger partial charge on any atom is -0.355 e. The molecule has 1 unspecified atom stereocenters. The molecule has 2 aromatic heterocycles. The van der Waals surface area contributed by atoms with Crippen molar-refractivity contribution in [2.45, 2.75) is 12.5 Å². The van der Waals surface area contributed by atoms with Gasteiger partial charge in [0.15, 0.2) is 0 Å². The molecule has 1 fully saturated rings. The predicted octanol–water partition coefficient (Wildman–Crippen LogP) is 1.40. The maximum atomic E-state index is 10.9. The topological polar surface area (TPSA) is 84.2 Å². The lowest BCUT2D eigenvalue weighted by atomic mass is 10.2. The minimum absolute atomic E-state index is 0.106. The lowest BCUT2D eigenvalue weighted by molar-refractivity contribution is -0.380. The minimum atomic E-state index is -0.382. The van der Waals surface area contributed by atoms with Crippen molar-refractivity contribution in [1.82, 2.24) is 15.3 Å². The van der Waals surface area contributed by atoms with E-state index in [1.54, 1.807) is 6.07 Å². The fraction of sp³-hybridized carbons (Fsp3) is 0.455. The number of thiophene rings is 1. The van der Waals surface area contributed by atoms with E-state index in [9.17, 15) is 10.1 Å². The zero-order chi connectivity index (χ0) is 13.4. The van der Waals surface area contributed by atoms with Crippen molar-refractivity contribution in [2.24, 2.45) is 0 Å². The van der Waals surface area contributed by atoms with Crippen LogP contribution in [0.1, 0.15) is 6.42 Å². The van der Waals surface area contributed by atoms with Gasteiger partial charge in [-0.25, -0.2) is 9.97 Å². The monoisotopic (exact) mass is 279 g/mol. The summed E-state index contributed by atoms with van der Waals surface area (Å²) in [5.74, 6) is 0.767. The number of rotatable bonds is 3. The van der Waals surface area contributed by atoms with Crippen LogP contribution in [0, 0.1) is 10.1 Å². The highest BCUT2D eigenvalue weighted by Crippen LogP contribution is 2.34. The van der Waals surface area contributed by atoms with Crippen LogP contribution in [0.5, 0.6) is 0 Å². The molecule has 0 saturated carbocycles. The standard InChI is InChI=1S/C11H13N5O2S/c1-15(7-2-3-12-5-7)10-8-4-9(16(17)18)19-11(8)14-6-13-10/h4,6-7,12H,2-3,5H2,1H3. The zero-order valence-corrected chi connectivity index (χ0v) is 11.2. The van der Waals surface area contributed by atoms with Crippen LogP contribution in [0.15, 0.2) is 12.4 Å². The van der Waals surface area contributed by atoms with Crippen molar-refractivity contribution >= 4 is 32.4 Å². The Balaban J connectivity index is 2.04. The molecule has 8 heteroatoms. The Morgan fingerprint density at radius 1 is 1.58 bits per heavy atom. The third-order valence-corrected chi connectivity index (χ3v) is 4.39. The Labute approximate surface area is 113 Å². The summed E-state index contributed by atoms with van der Waals surface area (Å²) >= 11 is 1.09. The van der Waals surface area contributed by atoms with Gasteiger partial charge in [0.2, 0.25) is 0 Å². The lowest BCUT2D eigenvalue weighted by Gasteiger charge is -2.25. The third kappa shape index (κ3) is 2.13. The van der Waals surface area contributed by atoms with Crippen molar-refractivity contribution in [3.05, 3.63) is 22.5 Å². The Morgan fingerprint density at radius 2 is 2.42 bits per heavy atom. The summed E-state index contributed by atoms with van der Waals surface area (Å²) in [6.07, 6.45) is 2.52. The molecule has 3 rings (SSSR count). The zero-order valence-electron chi connectivity index (χ0n) is 10.4. The Kier molecular flexibility index (Phi) is 3.03. The number of nitrogens with one attached hydrogen (secondary N) is 1. The van der Waals surface area contributed by atoms with Gasteiger partial charge >= 0.3 is 5.00 Å². The van der Waals surface area contributed by atoms with E-state index in [0.717, 1.165) is 42.1 Å². The van der Waals surface area contributed by atoms with E-state index in [0.29, 0.717) is 10.9 Å². The first kappa shape index (κ1) is 12.2. The molecule has 1 aliphatic heterocycles. The van der Waals surface area contributed by atoms with E-state index < -0.39 is 0 Å². The molecule has 0 amide bonds. The summed E-state index contributed by atoms with van der Waals surface area (Å²) in [7, 11) is 1.98. The molecular formula is C11H13N5O2S. The lowest BCUT2D eigenvalue weighted by Crippen LogP contribution is -2.34. The van der Waals surface area contributed by atoms with Gasteiger partial charge in [0.1, 0.15) is 17.0 Å². The van der Waals surface area contributed by atoms with Gasteiger partial charge in [-0.15, -0.1) is 0 Å². The van der Waals surface area contributed by atoms with Crippen molar-refractivity contribution in [2.75, 3.05) is 25.0 Å². The SMILES string of the molecule is CN(c1ncnc2sc([N+](=O)[O-])cc12)C1CCNC1. The number of hydrogen-bond acceptors (Lipinski definition) is 7. The first-order chi connectivity index (χ1) is 9.16. The summed E-state index contributed by atoms with van der Waals surface area (Å²) in [5, 5.41) is 15.0. The van der Waals surface area contributed by atoms with Gasteiger partial charge in [-0.1, -0.05) is 0 Å². The first-order valence-corrected chi connectivity index (χ1v) is 6.81. The summed E-state index contributed by atoms with van der Waals surface area (Å²) < 4.78 is 0. The highest BCUT2D eigenvalue weighted by atomic mass is 32.1. The quantitative estimate of drug-likeness (QED) is 0.675. The molecule has 0 radical (unpaired) electrons. The van der Waals surface area contributed by atoms with Gasteiger partial charge < -0.3 is 10.2 Å². The fourth-order valence-corrected chi connectivity index (χ4v) is 3.15. The van der Waals surface area contributed by atoms with Crippen molar-refractivity contribution in [3.63, 3.8) is 0 Å². The van der Waals surface area contributed by atoms with Crippen molar-refractivity contribution in [3.8, 4) is 0 Å². The average Bonchev–Trinajstić information content (AvgIpc) is 3.06. The number of aromatic nitrogens is 2. The van der Waals surface area contributed by atoms with Gasteiger partial charge in [-0.2, -0.15) is 0 Å². The van der Waals surface area contributed by atoms with Crippen molar-refractivity contribution < 1.29 is 4.92 Å². The molecule has 100 valence electrons. The molecule has 19 heavy (non-hydrogen) atoms. The second-order valence-electron chi connectivity index (χ2n) is 4.52. The predicted molar refractivity (Wildman–Crippen MR) is 73.7 cm³/mol.